The summed E-state index contributed by atoms with van der Waals surface area (Å²) in [5.41, 5.74) is 6.33. The van der Waals surface area contributed by atoms with Gasteiger partial charge in [0.25, 0.3) is 0 Å². The van der Waals surface area contributed by atoms with E-state index < -0.39 is 11.6 Å². The fourth-order valence-corrected chi connectivity index (χ4v) is 2.33. The van der Waals surface area contributed by atoms with Crippen LogP contribution in [-0.4, -0.2) is 18.8 Å². The Morgan fingerprint density at radius 2 is 2.24 bits per heavy atom. The molecule has 0 spiro atoms. The van der Waals surface area contributed by atoms with Gasteiger partial charge in [0, 0.05) is 12.6 Å². The van der Waals surface area contributed by atoms with Crippen LogP contribution >= 0.6 is 0 Å². The van der Waals surface area contributed by atoms with E-state index in [-0.39, 0.29) is 12.1 Å². The number of nitrogens with two attached hydrogens (primary N) is 1. The standard InChI is InChI=1S/C13H17F2NO/c1-8-4-5-17-13(8)12(16)7-9-6-10(14)2-3-11(9)15/h2-3,6,8,12-13H,4-5,7,16H2,1H3. The van der Waals surface area contributed by atoms with Gasteiger partial charge in [-0.2, -0.15) is 0 Å². The molecule has 0 amide bonds. The van der Waals surface area contributed by atoms with Crippen molar-refractivity contribution >= 4 is 0 Å². The summed E-state index contributed by atoms with van der Waals surface area (Å²) in [5.74, 6) is -0.469. The zero-order chi connectivity index (χ0) is 12.4. The van der Waals surface area contributed by atoms with Gasteiger partial charge in [0.1, 0.15) is 11.6 Å². The smallest absolute Gasteiger partial charge is 0.126 e. The molecule has 1 heterocycles. The van der Waals surface area contributed by atoms with Crippen molar-refractivity contribution < 1.29 is 13.5 Å². The molecule has 1 aromatic rings. The minimum Gasteiger partial charge on any atom is -0.376 e. The fraction of sp³-hybridized carbons (Fsp3) is 0.538. The molecule has 0 aliphatic carbocycles. The highest BCUT2D eigenvalue weighted by Crippen LogP contribution is 2.24. The minimum atomic E-state index is -0.436. The van der Waals surface area contributed by atoms with Gasteiger partial charge in [0.15, 0.2) is 0 Å². The van der Waals surface area contributed by atoms with Gasteiger partial charge in [-0.25, -0.2) is 8.78 Å². The Kier molecular flexibility index (Phi) is 3.74. The molecule has 3 unspecified atom stereocenters. The van der Waals surface area contributed by atoms with Crippen LogP contribution in [0.15, 0.2) is 18.2 Å². The number of halogens is 2. The summed E-state index contributed by atoms with van der Waals surface area (Å²) in [5, 5.41) is 0. The van der Waals surface area contributed by atoms with Crippen molar-refractivity contribution in [1.82, 2.24) is 0 Å². The predicted molar refractivity (Wildman–Crippen MR) is 61.6 cm³/mol. The Labute approximate surface area is 99.8 Å². The first kappa shape index (κ1) is 12.5. The van der Waals surface area contributed by atoms with E-state index in [0.29, 0.717) is 24.5 Å². The molecule has 0 bridgehead atoms. The first-order chi connectivity index (χ1) is 8.08. The summed E-state index contributed by atoms with van der Waals surface area (Å²) < 4.78 is 32.0. The zero-order valence-electron chi connectivity index (χ0n) is 9.83. The van der Waals surface area contributed by atoms with Crippen molar-refractivity contribution in [3.05, 3.63) is 35.4 Å². The van der Waals surface area contributed by atoms with Crippen LogP contribution in [0.25, 0.3) is 0 Å². The molecule has 3 atom stereocenters. The molecule has 2 rings (SSSR count). The second-order valence-electron chi connectivity index (χ2n) is 4.71. The number of ether oxygens (including phenoxy) is 1. The largest absolute Gasteiger partial charge is 0.376 e. The van der Waals surface area contributed by atoms with Crippen LogP contribution in [-0.2, 0) is 11.2 Å². The lowest BCUT2D eigenvalue weighted by atomic mass is 9.93. The molecular weight excluding hydrogens is 224 g/mol. The van der Waals surface area contributed by atoms with Crippen LogP contribution in [0.4, 0.5) is 8.78 Å². The quantitative estimate of drug-likeness (QED) is 0.881. The first-order valence-electron chi connectivity index (χ1n) is 5.89. The van der Waals surface area contributed by atoms with E-state index >= 15 is 0 Å². The highest BCUT2D eigenvalue weighted by Gasteiger charge is 2.30. The Morgan fingerprint density at radius 3 is 2.88 bits per heavy atom. The summed E-state index contributed by atoms with van der Waals surface area (Å²) in [6.07, 6.45) is 1.22. The Bertz CT molecular complexity index is 397. The number of rotatable bonds is 3. The highest BCUT2D eigenvalue weighted by atomic mass is 19.1. The molecule has 2 nitrogen and oxygen atoms in total. The van der Waals surface area contributed by atoms with Gasteiger partial charge in [-0.05, 0) is 42.5 Å². The molecule has 0 radical (unpaired) electrons. The molecule has 17 heavy (non-hydrogen) atoms. The van der Waals surface area contributed by atoms with Crippen LogP contribution in [0.5, 0.6) is 0 Å². The van der Waals surface area contributed by atoms with Crippen molar-refractivity contribution in [2.45, 2.75) is 31.9 Å². The zero-order valence-corrected chi connectivity index (χ0v) is 9.83. The van der Waals surface area contributed by atoms with Gasteiger partial charge in [0.05, 0.1) is 6.10 Å². The van der Waals surface area contributed by atoms with Gasteiger partial charge in [-0.1, -0.05) is 6.92 Å². The van der Waals surface area contributed by atoms with Gasteiger partial charge in [0.2, 0.25) is 0 Å². The summed E-state index contributed by atoms with van der Waals surface area (Å²) in [6, 6.07) is 3.16. The first-order valence-corrected chi connectivity index (χ1v) is 5.89. The SMILES string of the molecule is CC1CCOC1C(N)Cc1cc(F)ccc1F. The van der Waals surface area contributed by atoms with Crippen LogP contribution in [0.2, 0.25) is 0 Å². The van der Waals surface area contributed by atoms with Crippen LogP contribution in [0.3, 0.4) is 0 Å². The minimum absolute atomic E-state index is 0.0577. The maximum absolute atomic E-state index is 13.5. The maximum Gasteiger partial charge on any atom is 0.126 e. The summed E-state index contributed by atoms with van der Waals surface area (Å²) >= 11 is 0. The number of benzene rings is 1. The van der Waals surface area contributed by atoms with E-state index in [4.69, 9.17) is 10.5 Å². The van der Waals surface area contributed by atoms with Gasteiger partial charge >= 0.3 is 0 Å². The Morgan fingerprint density at radius 1 is 1.47 bits per heavy atom. The molecule has 1 aliphatic rings. The fourth-order valence-electron chi connectivity index (χ4n) is 2.33. The Hall–Kier alpha value is -1.00. The van der Waals surface area contributed by atoms with Gasteiger partial charge < -0.3 is 10.5 Å². The molecular formula is C13H17F2NO. The average molecular weight is 241 g/mol. The second kappa shape index (κ2) is 5.10. The molecule has 1 aliphatic heterocycles. The molecule has 0 aromatic heterocycles. The number of hydrogen-bond donors (Lipinski definition) is 1. The highest BCUT2D eigenvalue weighted by molar-refractivity contribution is 5.20. The van der Waals surface area contributed by atoms with E-state index in [2.05, 4.69) is 6.92 Å². The topological polar surface area (TPSA) is 35.2 Å². The Balaban J connectivity index is 2.07. The number of hydrogen-bond acceptors (Lipinski definition) is 2. The van der Waals surface area contributed by atoms with E-state index in [1.54, 1.807) is 0 Å². The lowest BCUT2D eigenvalue weighted by Gasteiger charge is -2.22. The van der Waals surface area contributed by atoms with Gasteiger partial charge in [-0.3, -0.25) is 0 Å². The lowest BCUT2D eigenvalue weighted by molar-refractivity contribution is 0.0724. The van der Waals surface area contributed by atoms with Crippen LogP contribution in [0, 0.1) is 17.6 Å². The molecule has 1 saturated heterocycles. The van der Waals surface area contributed by atoms with E-state index in [1.165, 1.54) is 6.07 Å². The summed E-state index contributed by atoms with van der Waals surface area (Å²) in [6.45, 7) is 2.77. The summed E-state index contributed by atoms with van der Waals surface area (Å²) in [7, 11) is 0. The van der Waals surface area contributed by atoms with E-state index in [9.17, 15) is 8.78 Å². The third kappa shape index (κ3) is 2.82. The summed E-state index contributed by atoms with van der Waals surface area (Å²) in [4.78, 5) is 0. The van der Waals surface area contributed by atoms with Gasteiger partial charge in [-0.15, -0.1) is 0 Å². The van der Waals surface area contributed by atoms with Crippen molar-refractivity contribution in [3.63, 3.8) is 0 Å². The van der Waals surface area contributed by atoms with Crippen LogP contribution in [0.1, 0.15) is 18.9 Å². The lowest BCUT2D eigenvalue weighted by Crippen LogP contribution is -2.39. The second-order valence-corrected chi connectivity index (χ2v) is 4.71. The molecule has 1 aromatic carbocycles. The molecule has 1 fully saturated rings. The third-order valence-corrected chi connectivity index (χ3v) is 3.33. The van der Waals surface area contributed by atoms with E-state index in [1.807, 2.05) is 0 Å². The normalized spacial score (nSPS) is 26.1. The average Bonchev–Trinajstić information content (AvgIpc) is 2.70. The van der Waals surface area contributed by atoms with Crippen LogP contribution < -0.4 is 5.73 Å². The monoisotopic (exact) mass is 241 g/mol. The maximum atomic E-state index is 13.5. The molecule has 0 saturated carbocycles. The predicted octanol–water partition coefficient (Wildman–Crippen LogP) is 2.26. The van der Waals surface area contributed by atoms with Crippen molar-refractivity contribution in [2.24, 2.45) is 11.7 Å². The molecule has 94 valence electrons. The van der Waals surface area contributed by atoms with Crippen molar-refractivity contribution in [3.8, 4) is 0 Å². The van der Waals surface area contributed by atoms with Crippen molar-refractivity contribution in [1.29, 1.82) is 0 Å². The van der Waals surface area contributed by atoms with Crippen molar-refractivity contribution in [2.75, 3.05) is 6.61 Å². The molecule has 4 heteroatoms. The molecule has 2 N–H and O–H groups in total. The third-order valence-electron chi connectivity index (χ3n) is 3.33. The van der Waals surface area contributed by atoms with E-state index in [0.717, 1.165) is 18.6 Å².